The van der Waals surface area contributed by atoms with Crippen LogP contribution in [0.15, 0.2) is 72.9 Å². The van der Waals surface area contributed by atoms with Crippen LogP contribution >= 0.6 is 0 Å². The Labute approximate surface area is 216 Å². The summed E-state index contributed by atoms with van der Waals surface area (Å²) >= 11 is 0. The van der Waals surface area contributed by atoms with Crippen LogP contribution in [0.25, 0.3) is 11.3 Å². The summed E-state index contributed by atoms with van der Waals surface area (Å²) in [6.07, 6.45) is 2.08. The van der Waals surface area contributed by atoms with Crippen molar-refractivity contribution < 1.29 is 19.1 Å². The van der Waals surface area contributed by atoms with Gasteiger partial charge in [-0.05, 0) is 30.2 Å². The number of ether oxygens (including phenoxy) is 1. The smallest absolute Gasteiger partial charge is 0.411 e. The molecule has 0 aliphatic carbocycles. The van der Waals surface area contributed by atoms with Gasteiger partial charge in [-0.1, -0.05) is 54.6 Å². The number of nitrogens with zero attached hydrogens (tertiary/aromatic N) is 2. The highest BCUT2D eigenvalue weighted by Crippen LogP contribution is 2.40. The second-order valence-corrected chi connectivity index (χ2v) is 9.18. The Morgan fingerprint density at radius 3 is 2.43 bits per heavy atom. The molecule has 4 rings (SSSR count). The van der Waals surface area contributed by atoms with E-state index < -0.39 is 11.7 Å². The standard InChI is InChI=1S/C28H31N5O4/c1-19(21-8-10-22(11-9-21)25-13-12-24(29)18-30-25)33-17-16-28(37-27(33)36,23-6-4-3-5-7-23)15-14-26(35)32-31-20(2)34/h3-13,18-19H,14-17,29H2,1-2H3,(H,31,34)(H,32,35)/t19-,28+/m0/s1. The number of hydrogen-bond donors (Lipinski definition) is 3. The second-order valence-electron chi connectivity index (χ2n) is 9.18. The lowest BCUT2D eigenvalue weighted by atomic mass is 9.84. The van der Waals surface area contributed by atoms with Crippen LogP contribution in [0, 0.1) is 0 Å². The summed E-state index contributed by atoms with van der Waals surface area (Å²) in [6, 6.07) is 20.9. The average Bonchev–Trinajstić information content (AvgIpc) is 2.91. The number of anilines is 1. The summed E-state index contributed by atoms with van der Waals surface area (Å²) in [4.78, 5) is 42.7. The first-order chi connectivity index (χ1) is 17.8. The van der Waals surface area contributed by atoms with Crippen LogP contribution in [-0.2, 0) is 19.9 Å². The molecule has 3 amide bonds. The molecule has 0 radical (unpaired) electrons. The number of rotatable bonds is 7. The predicted octanol–water partition coefficient (Wildman–Crippen LogP) is 4.08. The summed E-state index contributed by atoms with van der Waals surface area (Å²) in [5.41, 5.74) is 13.6. The van der Waals surface area contributed by atoms with Crippen LogP contribution in [0.4, 0.5) is 10.5 Å². The number of cyclic esters (lactones) is 1. The molecule has 1 fully saturated rings. The highest BCUT2D eigenvalue weighted by Gasteiger charge is 2.43. The van der Waals surface area contributed by atoms with Gasteiger partial charge in [-0.2, -0.15) is 0 Å². The first kappa shape index (κ1) is 25.7. The maximum absolute atomic E-state index is 13.3. The van der Waals surface area contributed by atoms with E-state index in [1.54, 1.807) is 11.1 Å². The summed E-state index contributed by atoms with van der Waals surface area (Å²) in [5, 5.41) is 0. The molecule has 0 saturated carbocycles. The van der Waals surface area contributed by atoms with Crippen molar-refractivity contribution >= 4 is 23.6 Å². The lowest BCUT2D eigenvalue weighted by molar-refractivity contribution is -0.129. The molecule has 0 unspecified atom stereocenters. The van der Waals surface area contributed by atoms with Gasteiger partial charge in [0.2, 0.25) is 11.8 Å². The zero-order chi connectivity index (χ0) is 26.4. The van der Waals surface area contributed by atoms with Gasteiger partial charge < -0.3 is 15.4 Å². The van der Waals surface area contributed by atoms with E-state index in [1.807, 2.05) is 73.7 Å². The van der Waals surface area contributed by atoms with Crippen LogP contribution in [0.1, 0.15) is 50.3 Å². The molecule has 3 aromatic rings. The third kappa shape index (κ3) is 6.06. The molecule has 192 valence electrons. The number of carbonyl (C=O) groups is 3. The Bertz CT molecular complexity index is 1250. The van der Waals surface area contributed by atoms with Gasteiger partial charge in [-0.3, -0.25) is 25.4 Å². The number of benzene rings is 2. The molecule has 9 nitrogen and oxygen atoms in total. The summed E-state index contributed by atoms with van der Waals surface area (Å²) in [7, 11) is 0. The fourth-order valence-corrected chi connectivity index (χ4v) is 4.51. The van der Waals surface area contributed by atoms with Gasteiger partial charge in [0.25, 0.3) is 0 Å². The molecule has 2 heterocycles. The lowest BCUT2D eigenvalue weighted by Crippen LogP contribution is -2.49. The molecule has 0 spiro atoms. The number of pyridine rings is 1. The lowest BCUT2D eigenvalue weighted by Gasteiger charge is -2.43. The second kappa shape index (κ2) is 11.1. The van der Waals surface area contributed by atoms with E-state index in [2.05, 4.69) is 15.8 Å². The number of aromatic nitrogens is 1. The predicted molar refractivity (Wildman–Crippen MR) is 140 cm³/mol. The first-order valence-corrected chi connectivity index (χ1v) is 12.2. The Kier molecular flexibility index (Phi) is 7.71. The quantitative estimate of drug-likeness (QED) is 0.419. The Balaban J connectivity index is 1.47. The van der Waals surface area contributed by atoms with Crippen molar-refractivity contribution in [1.82, 2.24) is 20.7 Å². The maximum atomic E-state index is 13.3. The Hall–Kier alpha value is -4.40. The molecule has 1 aliphatic heterocycles. The summed E-state index contributed by atoms with van der Waals surface area (Å²) < 4.78 is 6.09. The summed E-state index contributed by atoms with van der Waals surface area (Å²) in [6.45, 7) is 3.74. The van der Waals surface area contributed by atoms with E-state index in [-0.39, 0.29) is 24.3 Å². The van der Waals surface area contributed by atoms with Crippen molar-refractivity contribution in [2.45, 2.75) is 44.8 Å². The van der Waals surface area contributed by atoms with Crippen molar-refractivity contribution in [2.75, 3.05) is 12.3 Å². The van der Waals surface area contributed by atoms with E-state index in [4.69, 9.17) is 10.5 Å². The molecule has 37 heavy (non-hydrogen) atoms. The molecule has 2 aromatic carbocycles. The number of nitrogens with one attached hydrogen (secondary N) is 2. The highest BCUT2D eigenvalue weighted by atomic mass is 16.6. The monoisotopic (exact) mass is 501 g/mol. The Morgan fingerprint density at radius 1 is 1.08 bits per heavy atom. The van der Waals surface area contributed by atoms with E-state index in [0.29, 0.717) is 25.1 Å². The molecule has 1 saturated heterocycles. The van der Waals surface area contributed by atoms with Gasteiger partial charge in [-0.15, -0.1) is 0 Å². The van der Waals surface area contributed by atoms with Crippen LogP contribution < -0.4 is 16.6 Å². The largest absolute Gasteiger partial charge is 0.438 e. The minimum atomic E-state index is -0.938. The first-order valence-electron chi connectivity index (χ1n) is 12.2. The van der Waals surface area contributed by atoms with Crippen molar-refractivity contribution in [3.05, 3.63) is 84.1 Å². The van der Waals surface area contributed by atoms with E-state index in [1.165, 1.54) is 6.92 Å². The van der Waals surface area contributed by atoms with E-state index in [0.717, 1.165) is 22.4 Å². The molecule has 1 aromatic heterocycles. The van der Waals surface area contributed by atoms with Gasteiger partial charge in [0.1, 0.15) is 5.60 Å². The topological polar surface area (TPSA) is 127 Å². The number of hydrogen-bond acceptors (Lipinski definition) is 6. The fraction of sp³-hybridized carbons (Fsp3) is 0.286. The molecular weight excluding hydrogens is 470 g/mol. The number of nitrogen functional groups attached to an aromatic ring is 1. The Morgan fingerprint density at radius 2 is 1.81 bits per heavy atom. The zero-order valence-corrected chi connectivity index (χ0v) is 20.9. The van der Waals surface area contributed by atoms with Crippen molar-refractivity contribution in [3.8, 4) is 11.3 Å². The highest BCUT2D eigenvalue weighted by molar-refractivity contribution is 5.80. The number of carbonyl (C=O) groups excluding carboxylic acids is 3. The van der Waals surface area contributed by atoms with Crippen LogP contribution in [0.3, 0.4) is 0 Å². The summed E-state index contributed by atoms with van der Waals surface area (Å²) in [5.74, 6) is -0.717. The minimum absolute atomic E-state index is 0.0820. The number of hydrazine groups is 1. The molecule has 1 aliphatic rings. The zero-order valence-electron chi connectivity index (χ0n) is 20.9. The SMILES string of the molecule is CC(=O)NNC(=O)CC[C@]1(c2ccccc2)CCN([C@@H](C)c2ccc(-c3ccc(N)cn3)cc2)C(=O)O1. The molecule has 9 heteroatoms. The fourth-order valence-electron chi connectivity index (χ4n) is 4.51. The van der Waals surface area contributed by atoms with Crippen LogP contribution in [0.5, 0.6) is 0 Å². The van der Waals surface area contributed by atoms with Gasteiger partial charge in [0, 0.05) is 38.3 Å². The van der Waals surface area contributed by atoms with Crippen molar-refractivity contribution in [1.29, 1.82) is 0 Å². The van der Waals surface area contributed by atoms with Gasteiger partial charge in [0.05, 0.1) is 23.6 Å². The third-order valence-electron chi connectivity index (χ3n) is 6.65. The maximum Gasteiger partial charge on any atom is 0.411 e. The van der Waals surface area contributed by atoms with Crippen LogP contribution in [0.2, 0.25) is 0 Å². The molecule has 4 N–H and O–H groups in total. The number of amides is 3. The van der Waals surface area contributed by atoms with Crippen molar-refractivity contribution in [2.24, 2.45) is 0 Å². The molecular formula is C28H31N5O4. The minimum Gasteiger partial charge on any atom is -0.438 e. The van der Waals surface area contributed by atoms with Gasteiger partial charge in [0.15, 0.2) is 0 Å². The van der Waals surface area contributed by atoms with Gasteiger partial charge in [-0.25, -0.2) is 4.79 Å². The molecule has 0 bridgehead atoms. The normalized spacial score (nSPS) is 18.0. The third-order valence-corrected chi connectivity index (χ3v) is 6.65. The van der Waals surface area contributed by atoms with Crippen molar-refractivity contribution in [3.63, 3.8) is 0 Å². The van der Waals surface area contributed by atoms with Crippen LogP contribution in [-0.4, -0.2) is 34.3 Å². The van der Waals surface area contributed by atoms with E-state index in [9.17, 15) is 14.4 Å². The number of nitrogens with two attached hydrogens (primary N) is 1. The molecule has 2 atom stereocenters. The van der Waals surface area contributed by atoms with E-state index >= 15 is 0 Å². The van der Waals surface area contributed by atoms with Gasteiger partial charge >= 0.3 is 6.09 Å². The average molecular weight is 502 g/mol.